The lowest BCUT2D eigenvalue weighted by Crippen LogP contribution is -2.48. The van der Waals surface area contributed by atoms with Crippen LogP contribution < -0.4 is 0 Å². The van der Waals surface area contributed by atoms with Gasteiger partial charge in [0.2, 0.25) is 5.91 Å². The van der Waals surface area contributed by atoms with Crippen LogP contribution in [0.1, 0.15) is 43.0 Å². The van der Waals surface area contributed by atoms with Crippen LogP contribution in [0.2, 0.25) is 0 Å². The van der Waals surface area contributed by atoms with E-state index in [1.807, 2.05) is 30.3 Å². The van der Waals surface area contributed by atoms with E-state index in [9.17, 15) is 19.6 Å². The molecule has 1 amide bonds. The Balaban J connectivity index is 1.35. The normalized spacial score (nSPS) is 20.9. The predicted octanol–water partition coefficient (Wildman–Crippen LogP) is 3.75. The number of nitriles is 1. The molecule has 2 saturated heterocycles. The number of hydrogen-bond acceptors (Lipinski definition) is 7. The minimum Gasteiger partial charge on any atom is -0.387 e. The number of aromatic nitrogens is 5. The van der Waals surface area contributed by atoms with Crippen molar-refractivity contribution in [3.8, 4) is 17.2 Å². The first-order chi connectivity index (χ1) is 18.0. The van der Waals surface area contributed by atoms with Crippen LogP contribution in [0.5, 0.6) is 0 Å². The van der Waals surface area contributed by atoms with E-state index in [1.54, 1.807) is 10.6 Å². The van der Waals surface area contributed by atoms with E-state index < -0.39 is 12.4 Å². The quantitative estimate of drug-likeness (QED) is 0.429. The predicted molar refractivity (Wildman–Crippen MR) is 133 cm³/mol. The van der Waals surface area contributed by atoms with Crippen molar-refractivity contribution < 1.29 is 14.3 Å². The van der Waals surface area contributed by atoms with Gasteiger partial charge in [-0.1, -0.05) is 11.8 Å². The van der Waals surface area contributed by atoms with Crippen molar-refractivity contribution in [3.63, 3.8) is 0 Å². The monoisotopic (exact) mass is 517 g/mol. The molecule has 2 fully saturated rings. The molecule has 3 atom stereocenters. The number of nitrogens with zero attached hydrogens (tertiary/aromatic N) is 7. The number of amides is 1. The van der Waals surface area contributed by atoms with Crippen LogP contribution in [0.3, 0.4) is 0 Å². The maximum Gasteiger partial charge on any atom is 0.248 e. The van der Waals surface area contributed by atoms with Gasteiger partial charge in [-0.2, -0.15) is 15.5 Å². The Bertz CT molecular complexity index is 1530. The minimum absolute atomic E-state index is 0.131. The Labute approximate surface area is 216 Å². The summed E-state index contributed by atoms with van der Waals surface area (Å²) in [4.78, 5) is 19.1. The van der Waals surface area contributed by atoms with Gasteiger partial charge in [0.1, 0.15) is 23.5 Å². The molecule has 4 aromatic rings. The molecule has 1 N–H and O–H groups in total. The molecule has 188 valence electrons. The number of carbonyl (C=O) groups is 1. The highest BCUT2D eigenvalue weighted by atomic mass is 32.2. The molecule has 0 aliphatic carbocycles. The van der Waals surface area contributed by atoms with Crippen molar-refractivity contribution in [3.05, 3.63) is 60.1 Å². The first-order valence-electron chi connectivity index (χ1n) is 12.1. The van der Waals surface area contributed by atoms with Gasteiger partial charge in [0.25, 0.3) is 0 Å². The lowest BCUT2D eigenvalue weighted by molar-refractivity contribution is -0.139. The summed E-state index contributed by atoms with van der Waals surface area (Å²) in [5.74, 6) is -0.595. The summed E-state index contributed by atoms with van der Waals surface area (Å²) in [5, 5.41) is 28.7. The maximum absolute atomic E-state index is 13.4. The van der Waals surface area contributed by atoms with Crippen molar-refractivity contribution in [1.82, 2.24) is 29.3 Å². The van der Waals surface area contributed by atoms with Gasteiger partial charge in [0.05, 0.1) is 35.7 Å². The Morgan fingerprint density at radius 3 is 2.65 bits per heavy atom. The molecule has 9 nitrogen and oxygen atoms in total. The summed E-state index contributed by atoms with van der Waals surface area (Å²) < 4.78 is 17.1. The van der Waals surface area contributed by atoms with Crippen LogP contribution in [0.25, 0.3) is 16.6 Å². The molecule has 37 heavy (non-hydrogen) atoms. The molecule has 4 aromatic heterocycles. The molecular formula is C26H24FN7O2S. The molecule has 6 heterocycles. The Hall–Kier alpha value is -3.75. The highest BCUT2D eigenvalue weighted by Gasteiger charge is 2.44. The van der Waals surface area contributed by atoms with Crippen molar-refractivity contribution >= 4 is 23.2 Å². The molecule has 0 saturated carbocycles. The zero-order valence-electron chi connectivity index (χ0n) is 20.1. The molecule has 2 bridgehead atoms. The number of pyridine rings is 2. The number of aliphatic hydroxyl groups excluding tert-OH is 1. The second-order valence-electron chi connectivity index (χ2n) is 9.53. The molecule has 0 radical (unpaired) electrons. The van der Waals surface area contributed by atoms with Gasteiger partial charge in [0, 0.05) is 40.0 Å². The summed E-state index contributed by atoms with van der Waals surface area (Å²) in [6.07, 6.45) is 9.98. The zero-order valence-corrected chi connectivity index (χ0v) is 20.9. The van der Waals surface area contributed by atoms with Crippen LogP contribution in [0.4, 0.5) is 4.39 Å². The fourth-order valence-electron chi connectivity index (χ4n) is 5.84. The van der Waals surface area contributed by atoms with Crippen molar-refractivity contribution in [2.75, 3.05) is 6.61 Å². The van der Waals surface area contributed by atoms with Crippen molar-refractivity contribution in [1.29, 1.82) is 5.26 Å². The molecule has 2 aliphatic rings. The van der Waals surface area contributed by atoms with E-state index in [4.69, 9.17) is 5.10 Å². The number of hydrogen-bond donors (Lipinski definition) is 1. The van der Waals surface area contributed by atoms with E-state index in [-0.39, 0.29) is 24.0 Å². The Kier molecular flexibility index (Phi) is 5.93. The van der Waals surface area contributed by atoms with Crippen LogP contribution in [0, 0.1) is 24.1 Å². The molecular weight excluding hydrogens is 493 g/mol. The van der Waals surface area contributed by atoms with Gasteiger partial charge in [-0.05, 0) is 50.8 Å². The summed E-state index contributed by atoms with van der Waals surface area (Å²) in [7, 11) is 0. The van der Waals surface area contributed by atoms with E-state index in [0.29, 0.717) is 16.1 Å². The number of carbonyl (C=O) groups excluding carboxylic acids is 1. The maximum atomic E-state index is 13.4. The molecule has 0 unspecified atom stereocenters. The fourth-order valence-corrected chi connectivity index (χ4v) is 6.79. The van der Waals surface area contributed by atoms with E-state index in [2.05, 4.69) is 20.8 Å². The highest BCUT2D eigenvalue weighted by molar-refractivity contribution is 7.99. The number of fused-ring (bicyclic) bond motifs is 3. The fraction of sp³-hybridized carbons (Fsp3) is 0.346. The zero-order chi connectivity index (χ0) is 25.7. The average molecular weight is 518 g/mol. The largest absolute Gasteiger partial charge is 0.387 e. The van der Waals surface area contributed by atoms with E-state index in [1.165, 1.54) is 30.2 Å². The van der Waals surface area contributed by atoms with Crippen LogP contribution in [-0.4, -0.2) is 59.0 Å². The number of rotatable bonds is 5. The van der Waals surface area contributed by atoms with Crippen LogP contribution in [0.15, 0.2) is 52.9 Å². The SMILES string of the molecule is Cc1c(-c2cc(Sc3ccc(F)cn3)c3c(C#N)cnn3c2)cnn1[C@H]1C[C@H]2CC[C@@H](C1)N2C(=O)CO. The van der Waals surface area contributed by atoms with Gasteiger partial charge in [-0.15, -0.1) is 0 Å². The second kappa shape index (κ2) is 9.28. The third-order valence-electron chi connectivity index (χ3n) is 7.45. The minimum atomic E-state index is -0.445. The van der Waals surface area contributed by atoms with Gasteiger partial charge < -0.3 is 10.0 Å². The van der Waals surface area contributed by atoms with E-state index >= 15 is 0 Å². The first kappa shape index (κ1) is 23.6. The Morgan fingerprint density at radius 2 is 1.97 bits per heavy atom. The Morgan fingerprint density at radius 1 is 1.19 bits per heavy atom. The number of piperidine rings is 1. The van der Waals surface area contributed by atoms with E-state index in [0.717, 1.165) is 47.4 Å². The third-order valence-corrected chi connectivity index (χ3v) is 8.43. The molecule has 2 aliphatic heterocycles. The van der Waals surface area contributed by atoms with Gasteiger partial charge >= 0.3 is 0 Å². The summed E-state index contributed by atoms with van der Waals surface area (Å²) >= 11 is 1.35. The molecule has 0 aromatic carbocycles. The molecule has 6 rings (SSSR count). The van der Waals surface area contributed by atoms with Crippen LogP contribution in [-0.2, 0) is 4.79 Å². The van der Waals surface area contributed by atoms with Gasteiger partial charge in [-0.3, -0.25) is 9.48 Å². The van der Waals surface area contributed by atoms with Crippen molar-refractivity contribution in [2.24, 2.45) is 0 Å². The summed E-state index contributed by atoms with van der Waals surface area (Å²) in [6, 6.07) is 7.59. The second-order valence-corrected chi connectivity index (χ2v) is 10.6. The lowest BCUT2D eigenvalue weighted by Gasteiger charge is -2.39. The standard InChI is InChI=1S/C26H24FN7O2S/c1-15-22(12-31-34(15)21-7-19-3-4-20(8-21)33(19)25(36)14-35)16-6-23(37-24-5-2-18(27)11-29-24)26-17(9-28)10-30-32(26)13-16/h2,5-6,10-13,19-21,35H,3-4,7-8,14H2,1H3/t19-,20+,21+. The lowest BCUT2D eigenvalue weighted by atomic mass is 9.96. The average Bonchev–Trinajstić information content (AvgIpc) is 3.58. The van der Waals surface area contributed by atoms with Gasteiger partial charge in [-0.25, -0.2) is 13.9 Å². The smallest absolute Gasteiger partial charge is 0.248 e. The van der Waals surface area contributed by atoms with Crippen LogP contribution >= 0.6 is 11.8 Å². The third kappa shape index (κ3) is 4.06. The highest BCUT2D eigenvalue weighted by Crippen LogP contribution is 2.42. The summed E-state index contributed by atoms with van der Waals surface area (Å²) in [6.45, 7) is 1.59. The van der Waals surface area contributed by atoms with Crippen molar-refractivity contribution in [2.45, 2.75) is 60.7 Å². The molecule has 11 heteroatoms. The summed E-state index contributed by atoms with van der Waals surface area (Å²) in [5.41, 5.74) is 3.97. The molecule has 0 spiro atoms. The van der Waals surface area contributed by atoms with Gasteiger partial charge in [0.15, 0.2) is 0 Å². The number of halogens is 1. The topological polar surface area (TPSA) is 112 Å². The number of aliphatic hydroxyl groups is 1. The first-order valence-corrected chi connectivity index (χ1v) is 13.0.